The fraction of sp³-hybridized carbons (Fsp3) is 0. The smallest absolute Gasteiger partial charge is 0.257 e. The zero-order valence-electron chi connectivity index (χ0n) is 14.1. The van der Waals surface area contributed by atoms with E-state index in [9.17, 15) is 9.59 Å². The number of hydrogen-bond donors (Lipinski definition) is 2. The predicted octanol–water partition coefficient (Wildman–Crippen LogP) is 4.70. The summed E-state index contributed by atoms with van der Waals surface area (Å²) in [7, 11) is 0. The zero-order valence-corrected chi connectivity index (χ0v) is 14.8. The monoisotopic (exact) mass is 375 g/mol. The number of hydrogen-bond acceptors (Lipinski definition) is 3. The number of imidazole rings is 1. The lowest BCUT2D eigenvalue weighted by atomic mass is 10.0. The van der Waals surface area contributed by atoms with Gasteiger partial charge < -0.3 is 4.98 Å². The molecule has 0 aliphatic rings. The van der Waals surface area contributed by atoms with Gasteiger partial charge in [-0.1, -0.05) is 41.9 Å². The first-order valence-electron chi connectivity index (χ1n) is 8.26. The Labute approximate surface area is 160 Å². The number of ketones is 1. The third kappa shape index (κ3) is 3.59. The number of carbonyl (C=O) groups excluding carboxylic acids is 2. The van der Waals surface area contributed by atoms with Crippen molar-refractivity contribution < 1.29 is 9.59 Å². The van der Waals surface area contributed by atoms with E-state index in [1.54, 1.807) is 54.6 Å². The largest absolute Gasteiger partial charge is 0.324 e. The van der Waals surface area contributed by atoms with Gasteiger partial charge in [0.05, 0.1) is 11.0 Å². The number of nitrogens with one attached hydrogen (secondary N) is 2. The normalized spacial score (nSPS) is 10.7. The molecule has 0 aliphatic heterocycles. The van der Waals surface area contributed by atoms with Crippen LogP contribution >= 0.6 is 11.6 Å². The number of aromatic amines is 1. The van der Waals surface area contributed by atoms with E-state index in [1.165, 1.54) is 0 Å². The van der Waals surface area contributed by atoms with Crippen LogP contribution in [-0.4, -0.2) is 21.7 Å². The number of aromatic nitrogens is 2. The quantitative estimate of drug-likeness (QED) is 0.508. The van der Waals surface area contributed by atoms with E-state index in [2.05, 4.69) is 15.3 Å². The SMILES string of the molecule is O=C(Nc1nc2ccc(C(=O)c3ccccc3)cc2[nH]1)c1ccc(Cl)cc1. The van der Waals surface area contributed by atoms with Gasteiger partial charge in [-0.15, -0.1) is 0 Å². The molecule has 0 atom stereocenters. The maximum absolute atomic E-state index is 12.6. The highest BCUT2D eigenvalue weighted by atomic mass is 35.5. The number of rotatable bonds is 4. The molecule has 1 aromatic heterocycles. The lowest BCUT2D eigenvalue weighted by Crippen LogP contribution is -2.12. The van der Waals surface area contributed by atoms with Gasteiger partial charge in [0, 0.05) is 21.7 Å². The topological polar surface area (TPSA) is 74.8 Å². The molecular weight excluding hydrogens is 362 g/mol. The molecule has 0 aliphatic carbocycles. The van der Waals surface area contributed by atoms with Gasteiger partial charge in [-0.05, 0) is 42.5 Å². The first-order valence-corrected chi connectivity index (χ1v) is 8.64. The molecule has 0 saturated heterocycles. The standard InChI is InChI=1S/C21H14ClN3O2/c22-16-9-6-14(7-10-16)20(27)25-21-23-17-11-8-15(12-18(17)24-21)19(26)13-4-2-1-3-5-13/h1-12H,(H2,23,24,25,27). The second-order valence-electron chi connectivity index (χ2n) is 5.97. The van der Waals surface area contributed by atoms with Crippen molar-refractivity contribution in [2.45, 2.75) is 0 Å². The van der Waals surface area contributed by atoms with Crippen LogP contribution in [0.2, 0.25) is 5.02 Å². The summed E-state index contributed by atoms with van der Waals surface area (Å²) in [5.41, 5.74) is 2.97. The van der Waals surface area contributed by atoms with E-state index in [-0.39, 0.29) is 11.7 Å². The first-order chi connectivity index (χ1) is 13.1. The Balaban J connectivity index is 1.58. The molecule has 1 amide bonds. The molecule has 4 rings (SSSR count). The molecule has 4 aromatic rings. The highest BCUT2D eigenvalue weighted by Crippen LogP contribution is 2.19. The van der Waals surface area contributed by atoms with E-state index >= 15 is 0 Å². The number of halogens is 1. The fourth-order valence-corrected chi connectivity index (χ4v) is 2.87. The third-order valence-corrected chi connectivity index (χ3v) is 4.37. The van der Waals surface area contributed by atoms with Crippen LogP contribution in [0.5, 0.6) is 0 Å². The van der Waals surface area contributed by atoms with Crippen molar-refractivity contribution >= 4 is 40.3 Å². The van der Waals surface area contributed by atoms with Crippen LogP contribution in [0.3, 0.4) is 0 Å². The van der Waals surface area contributed by atoms with Crippen LogP contribution in [0.1, 0.15) is 26.3 Å². The minimum atomic E-state index is -0.300. The molecule has 0 radical (unpaired) electrons. The molecule has 6 heteroatoms. The molecule has 0 saturated carbocycles. The van der Waals surface area contributed by atoms with Crippen molar-refractivity contribution in [2.75, 3.05) is 5.32 Å². The second kappa shape index (κ2) is 7.05. The molecule has 5 nitrogen and oxygen atoms in total. The van der Waals surface area contributed by atoms with Crippen molar-refractivity contribution in [3.8, 4) is 0 Å². The summed E-state index contributed by atoms with van der Waals surface area (Å²) < 4.78 is 0. The summed E-state index contributed by atoms with van der Waals surface area (Å²) in [5, 5.41) is 3.27. The van der Waals surface area contributed by atoms with E-state index in [4.69, 9.17) is 11.6 Å². The van der Waals surface area contributed by atoms with Gasteiger partial charge in [-0.2, -0.15) is 0 Å². The summed E-state index contributed by atoms with van der Waals surface area (Å²) in [6.07, 6.45) is 0. The maximum atomic E-state index is 12.6. The van der Waals surface area contributed by atoms with Gasteiger partial charge in [0.25, 0.3) is 5.91 Å². The van der Waals surface area contributed by atoms with Gasteiger partial charge in [-0.3, -0.25) is 14.9 Å². The van der Waals surface area contributed by atoms with Crippen LogP contribution in [-0.2, 0) is 0 Å². The van der Waals surface area contributed by atoms with Crippen LogP contribution in [0.4, 0.5) is 5.95 Å². The highest BCUT2D eigenvalue weighted by Gasteiger charge is 2.13. The Morgan fingerprint density at radius 3 is 2.30 bits per heavy atom. The molecule has 3 aromatic carbocycles. The first kappa shape index (κ1) is 17.0. The molecule has 132 valence electrons. The van der Waals surface area contributed by atoms with Gasteiger partial charge >= 0.3 is 0 Å². The van der Waals surface area contributed by atoms with E-state index in [0.29, 0.717) is 38.7 Å². The van der Waals surface area contributed by atoms with Crippen LogP contribution < -0.4 is 5.32 Å². The molecule has 0 unspecified atom stereocenters. The number of benzene rings is 3. The number of fused-ring (bicyclic) bond motifs is 1. The number of carbonyl (C=O) groups is 2. The van der Waals surface area contributed by atoms with Crippen molar-refractivity contribution in [3.63, 3.8) is 0 Å². The maximum Gasteiger partial charge on any atom is 0.257 e. The molecular formula is C21H14ClN3O2. The average Bonchev–Trinajstić information content (AvgIpc) is 3.10. The van der Waals surface area contributed by atoms with Gasteiger partial charge in [0.15, 0.2) is 5.78 Å². The number of amides is 1. The third-order valence-electron chi connectivity index (χ3n) is 4.12. The summed E-state index contributed by atoms with van der Waals surface area (Å²) in [6, 6.07) is 20.8. The fourth-order valence-electron chi connectivity index (χ4n) is 2.75. The molecule has 2 N–H and O–H groups in total. The number of H-pyrrole nitrogens is 1. The van der Waals surface area contributed by atoms with Gasteiger partial charge in [-0.25, -0.2) is 4.98 Å². The van der Waals surface area contributed by atoms with E-state index in [1.807, 2.05) is 18.2 Å². The lowest BCUT2D eigenvalue weighted by molar-refractivity contribution is 0.102. The van der Waals surface area contributed by atoms with Crippen molar-refractivity contribution in [2.24, 2.45) is 0 Å². The lowest BCUT2D eigenvalue weighted by Gasteiger charge is -2.01. The summed E-state index contributed by atoms with van der Waals surface area (Å²) in [4.78, 5) is 32.2. The van der Waals surface area contributed by atoms with Crippen LogP contribution in [0.15, 0.2) is 72.8 Å². The number of nitrogens with zero attached hydrogens (tertiary/aromatic N) is 1. The highest BCUT2D eigenvalue weighted by molar-refractivity contribution is 6.30. The summed E-state index contributed by atoms with van der Waals surface area (Å²) >= 11 is 5.84. The van der Waals surface area contributed by atoms with Gasteiger partial charge in [0.1, 0.15) is 0 Å². The zero-order chi connectivity index (χ0) is 18.8. The summed E-state index contributed by atoms with van der Waals surface area (Å²) in [6.45, 7) is 0. The molecule has 27 heavy (non-hydrogen) atoms. The van der Waals surface area contributed by atoms with Crippen molar-refractivity contribution in [1.82, 2.24) is 9.97 Å². The van der Waals surface area contributed by atoms with E-state index in [0.717, 1.165) is 0 Å². The Hall–Kier alpha value is -3.44. The second-order valence-corrected chi connectivity index (χ2v) is 6.41. The average molecular weight is 376 g/mol. The minimum Gasteiger partial charge on any atom is -0.324 e. The Morgan fingerprint density at radius 1 is 0.852 bits per heavy atom. The van der Waals surface area contributed by atoms with Crippen molar-refractivity contribution in [1.29, 1.82) is 0 Å². The van der Waals surface area contributed by atoms with Crippen LogP contribution in [0.25, 0.3) is 11.0 Å². The van der Waals surface area contributed by atoms with Crippen LogP contribution in [0, 0.1) is 0 Å². The molecule has 0 fully saturated rings. The Bertz CT molecular complexity index is 1140. The Kier molecular flexibility index (Phi) is 4.44. The molecule has 1 heterocycles. The van der Waals surface area contributed by atoms with E-state index < -0.39 is 0 Å². The summed E-state index contributed by atoms with van der Waals surface area (Å²) in [5.74, 6) is -0.0561. The molecule has 0 spiro atoms. The number of anilines is 1. The minimum absolute atomic E-state index is 0.0705. The molecule has 0 bridgehead atoms. The predicted molar refractivity (Wildman–Crippen MR) is 105 cm³/mol. The van der Waals surface area contributed by atoms with Gasteiger partial charge in [0.2, 0.25) is 5.95 Å². The van der Waals surface area contributed by atoms with Crippen molar-refractivity contribution in [3.05, 3.63) is 94.5 Å². The Morgan fingerprint density at radius 2 is 1.56 bits per heavy atom.